The van der Waals surface area contributed by atoms with Gasteiger partial charge in [-0.05, 0) is 12.8 Å². The van der Waals surface area contributed by atoms with Crippen LogP contribution in [0.15, 0.2) is 10.7 Å². The van der Waals surface area contributed by atoms with Crippen molar-refractivity contribution in [3.63, 3.8) is 0 Å². The zero-order chi connectivity index (χ0) is 10.2. The van der Waals surface area contributed by atoms with Crippen LogP contribution in [0, 0.1) is 0 Å². The molecule has 1 fully saturated rings. The fourth-order valence-corrected chi connectivity index (χ4v) is 3.15. The van der Waals surface area contributed by atoms with Crippen LogP contribution in [0.3, 0.4) is 0 Å². The Morgan fingerprint density at radius 2 is 1.93 bits per heavy atom. The SMILES string of the molecule is CC1=[N+](C)C2(CCCCC2)C(=CBr)O1.[Br-]. The van der Waals surface area contributed by atoms with E-state index in [4.69, 9.17) is 4.74 Å². The van der Waals surface area contributed by atoms with E-state index in [9.17, 15) is 0 Å². The molecule has 0 aromatic rings. The first-order valence-electron chi connectivity index (χ1n) is 5.27. The number of hydrogen-bond acceptors (Lipinski definition) is 1. The first-order chi connectivity index (χ1) is 6.70. The Bertz CT molecular complexity index is 304. The summed E-state index contributed by atoms with van der Waals surface area (Å²) in [4.78, 5) is 1.95. The molecule has 0 unspecified atom stereocenters. The molecule has 1 saturated carbocycles. The molecule has 0 saturated heterocycles. The molecule has 1 aliphatic heterocycles. The third-order valence-corrected chi connectivity index (χ3v) is 4.03. The molecule has 0 N–H and O–H groups in total. The lowest BCUT2D eigenvalue weighted by Crippen LogP contribution is -3.00. The standard InChI is InChI=1S/C11H17BrNO.BrH/c1-9-13(2)11(10(8-12)14-9)6-4-3-5-7-11;/h8H,3-7H2,1-2H3;1H/q+1;/p-1. The smallest absolute Gasteiger partial charge is 0.339 e. The van der Waals surface area contributed by atoms with Crippen LogP contribution in [0.1, 0.15) is 39.0 Å². The maximum absolute atomic E-state index is 5.77. The van der Waals surface area contributed by atoms with E-state index >= 15 is 0 Å². The lowest BCUT2D eigenvalue weighted by Gasteiger charge is -2.28. The van der Waals surface area contributed by atoms with E-state index in [1.54, 1.807) is 0 Å². The fourth-order valence-electron chi connectivity index (χ4n) is 2.63. The van der Waals surface area contributed by atoms with E-state index in [0.29, 0.717) is 0 Å². The zero-order valence-electron chi connectivity index (χ0n) is 9.22. The molecule has 0 amide bonds. The van der Waals surface area contributed by atoms with Gasteiger partial charge in [0.25, 0.3) is 0 Å². The van der Waals surface area contributed by atoms with Gasteiger partial charge in [-0.2, -0.15) is 4.58 Å². The van der Waals surface area contributed by atoms with Crippen LogP contribution in [-0.2, 0) is 4.74 Å². The van der Waals surface area contributed by atoms with Gasteiger partial charge in [-0.15, -0.1) is 0 Å². The van der Waals surface area contributed by atoms with Crippen LogP contribution in [0.4, 0.5) is 0 Å². The molecule has 2 aliphatic rings. The monoisotopic (exact) mass is 337 g/mol. The third kappa shape index (κ3) is 2.03. The van der Waals surface area contributed by atoms with Gasteiger partial charge in [0, 0.05) is 17.8 Å². The quantitative estimate of drug-likeness (QED) is 0.567. The van der Waals surface area contributed by atoms with Crippen molar-refractivity contribution in [3.8, 4) is 0 Å². The summed E-state index contributed by atoms with van der Waals surface area (Å²) in [6.07, 6.45) is 6.43. The van der Waals surface area contributed by atoms with Crippen molar-refractivity contribution in [2.24, 2.45) is 0 Å². The van der Waals surface area contributed by atoms with Gasteiger partial charge < -0.3 is 21.7 Å². The summed E-state index contributed by atoms with van der Waals surface area (Å²) in [5.74, 6) is 2.12. The molecule has 0 atom stereocenters. The van der Waals surface area contributed by atoms with Crippen LogP contribution in [0.25, 0.3) is 0 Å². The summed E-state index contributed by atoms with van der Waals surface area (Å²) in [6.45, 7) is 2.04. The van der Waals surface area contributed by atoms with Gasteiger partial charge in [0.2, 0.25) is 5.54 Å². The molecule has 0 radical (unpaired) electrons. The summed E-state index contributed by atoms with van der Waals surface area (Å²) in [6, 6.07) is 0. The molecule has 0 aromatic carbocycles. The predicted octanol–water partition coefficient (Wildman–Crippen LogP) is 0.0205. The molecule has 1 heterocycles. The average Bonchev–Trinajstić information content (AvgIpc) is 2.45. The van der Waals surface area contributed by atoms with Crippen molar-refractivity contribution in [1.82, 2.24) is 0 Å². The number of hydrogen-bond donors (Lipinski definition) is 0. The van der Waals surface area contributed by atoms with Crippen molar-refractivity contribution >= 4 is 21.8 Å². The predicted molar refractivity (Wildman–Crippen MR) is 60.8 cm³/mol. The normalized spacial score (nSPS) is 26.7. The van der Waals surface area contributed by atoms with Gasteiger partial charge in [-0.25, -0.2) is 0 Å². The van der Waals surface area contributed by atoms with E-state index in [1.165, 1.54) is 32.1 Å². The molecule has 86 valence electrons. The molecule has 0 aromatic heterocycles. The summed E-state index contributed by atoms with van der Waals surface area (Å²) >= 11 is 3.41. The van der Waals surface area contributed by atoms with Crippen LogP contribution >= 0.6 is 15.9 Å². The number of ether oxygens (including phenoxy) is 1. The van der Waals surface area contributed by atoms with Crippen LogP contribution in [0.2, 0.25) is 0 Å². The third-order valence-electron chi connectivity index (χ3n) is 3.61. The molecular formula is C11H17Br2NO. The Hall–Kier alpha value is 0.170. The Morgan fingerprint density at radius 3 is 2.47 bits per heavy atom. The maximum atomic E-state index is 5.77. The van der Waals surface area contributed by atoms with Gasteiger partial charge in [0.05, 0.1) is 6.92 Å². The Labute approximate surface area is 110 Å². The van der Waals surface area contributed by atoms with Gasteiger partial charge in [0.1, 0.15) is 7.05 Å². The van der Waals surface area contributed by atoms with Crippen LogP contribution < -0.4 is 17.0 Å². The lowest BCUT2D eigenvalue weighted by molar-refractivity contribution is -0.570. The molecule has 0 bridgehead atoms. The first-order valence-corrected chi connectivity index (χ1v) is 6.18. The second-order valence-electron chi connectivity index (χ2n) is 4.25. The van der Waals surface area contributed by atoms with E-state index < -0.39 is 0 Å². The van der Waals surface area contributed by atoms with Crippen molar-refractivity contribution in [2.45, 2.75) is 44.6 Å². The first kappa shape index (κ1) is 13.2. The van der Waals surface area contributed by atoms with Crippen LogP contribution in [0.5, 0.6) is 0 Å². The highest BCUT2D eigenvalue weighted by Gasteiger charge is 2.51. The molecule has 2 nitrogen and oxygen atoms in total. The number of rotatable bonds is 0. The van der Waals surface area contributed by atoms with Crippen molar-refractivity contribution in [1.29, 1.82) is 0 Å². The topological polar surface area (TPSA) is 12.2 Å². The number of nitrogens with zero attached hydrogens (tertiary/aromatic N) is 1. The Balaban J connectivity index is 0.00000112. The highest BCUT2D eigenvalue weighted by atomic mass is 79.9. The van der Waals surface area contributed by atoms with E-state index in [0.717, 1.165) is 11.7 Å². The van der Waals surface area contributed by atoms with E-state index in [1.807, 2.05) is 11.9 Å². The zero-order valence-corrected chi connectivity index (χ0v) is 12.4. The fraction of sp³-hybridized carbons (Fsp3) is 0.727. The summed E-state index contributed by atoms with van der Waals surface area (Å²) in [5, 5.41) is 0. The molecular weight excluding hydrogens is 322 g/mol. The van der Waals surface area contributed by atoms with Crippen LogP contribution in [-0.4, -0.2) is 23.1 Å². The summed E-state index contributed by atoms with van der Waals surface area (Å²) < 4.78 is 8.08. The van der Waals surface area contributed by atoms with Crippen molar-refractivity contribution in [3.05, 3.63) is 10.7 Å². The lowest BCUT2D eigenvalue weighted by atomic mass is 9.80. The molecule has 15 heavy (non-hydrogen) atoms. The molecule has 1 aliphatic carbocycles. The van der Waals surface area contributed by atoms with Gasteiger partial charge in [-0.3, -0.25) is 0 Å². The van der Waals surface area contributed by atoms with Gasteiger partial charge in [-0.1, -0.05) is 22.4 Å². The van der Waals surface area contributed by atoms with Crippen molar-refractivity contribution < 1.29 is 26.3 Å². The minimum Gasteiger partial charge on any atom is -1.00 e. The minimum absolute atomic E-state index is 0. The van der Waals surface area contributed by atoms with E-state index in [2.05, 4.69) is 27.6 Å². The molecule has 4 heteroatoms. The largest absolute Gasteiger partial charge is 1.00 e. The highest BCUT2D eigenvalue weighted by Crippen LogP contribution is 2.41. The highest BCUT2D eigenvalue weighted by molar-refractivity contribution is 9.11. The Morgan fingerprint density at radius 1 is 1.33 bits per heavy atom. The number of likely N-dealkylation sites (N-methyl/N-ethyl adjacent to an activating group) is 1. The number of halogens is 2. The van der Waals surface area contributed by atoms with Crippen molar-refractivity contribution in [2.75, 3.05) is 7.05 Å². The Kier molecular flexibility index (Phi) is 4.41. The van der Waals surface area contributed by atoms with Gasteiger partial charge >= 0.3 is 5.90 Å². The maximum Gasteiger partial charge on any atom is 0.339 e. The van der Waals surface area contributed by atoms with E-state index in [-0.39, 0.29) is 22.5 Å². The average molecular weight is 339 g/mol. The minimum atomic E-state index is 0. The molecule has 2 rings (SSSR count). The van der Waals surface area contributed by atoms with Gasteiger partial charge in [0.15, 0.2) is 5.76 Å². The molecule has 1 spiro atoms. The summed E-state index contributed by atoms with van der Waals surface area (Å²) in [7, 11) is 2.14. The second-order valence-corrected chi connectivity index (χ2v) is 4.70. The second kappa shape index (κ2) is 5.00. The summed E-state index contributed by atoms with van der Waals surface area (Å²) in [5.41, 5.74) is 0.159.